The van der Waals surface area contributed by atoms with Crippen molar-refractivity contribution < 1.29 is 14.3 Å². The van der Waals surface area contributed by atoms with E-state index in [1.807, 2.05) is 38.1 Å². The quantitative estimate of drug-likeness (QED) is 0.547. The summed E-state index contributed by atoms with van der Waals surface area (Å²) < 4.78 is 10.3. The van der Waals surface area contributed by atoms with Crippen molar-refractivity contribution in [3.8, 4) is 5.75 Å². The third-order valence-electron chi connectivity index (χ3n) is 2.46. The minimum absolute atomic E-state index is 0.0455. The van der Waals surface area contributed by atoms with Crippen LogP contribution in [0.15, 0.2) is 30.8 Å². The van der Waals surface area contributed by atoms with Crippen molar-refractivity contribution in [1.29, 1.82) is 0 Å². The number of benzene rings is 1. The number of hydrogen-bond donors (Lipinski definition) is 0. The minimum Gasteiger partial charge on any atom is -0.482 e. The van der Waals surface area contributed by atoms with Crippen molar-refractivity contribution in [3.05, 3.63) is 36.4 Å². The molecular weight excluding hydrogens is 228 g/mol. The SMILES string of the molecule is C=C(C)c1ccc(OCC(=O)OCCCC)cc1. The largest absolute Gasteiger partial charge is 0.482 e. The fraction of sp³-hybridized carbons (Fsp3) is 0.400. The summed E-state index contributed by atoms with van der Waals surface area (Å²) in [4.78, 5) is 11.3. The van der Waals surface area contributed by atoms with Crippen LogP contribution in [0.25, 0.3) is 5.57 Å². The molecule has 1 aromatic carbocycles. The average Bonchev–Trinajstić information content (AvgIpc) is 2.37. The van der Waals surface area contributed by atoms with E-state index in [-0.39, 0.29) is 12.6 Å². The Bertz CT molecular complexity index is 393. The number of allylic oxidation sites excluding steroid dienone is 1. The lowest BCUT2D eigenvalue weighted by atomic mass is 10.1. The standard InChI is InChI=1S/C15H20O3/c1-4-5-10-17-15(16)11-18-14-8-6-13(7-9-14)12(2)3/h6-9H,2,4-5,10-11H2,1,3H3. The summed E-state index contributed by atoms with van der Waals surface area (Å²) >= 11 is 0. The molecule has 3 nitrogen and oxygen atoms in total. The Hall–Kier alpha value is -1.77. The topological polar surface area (TPSA) is 35.5 Å². The van der Waals surface area contributed by atoms with Gasteiger partial charge in [0.1, 0.15) is 5.75 Å². The number of hydrogen-bond acceptors (Lipinski definition) is 3. The molecule has 1 rings (SSSR count). The zero-order valence-corrected chi connectivity index (χ0v) is 11.1. The monoisotopic (exact) mass is 248 g/mol. The van der Waals surface area contributed by atoms with Gasteiger partial charge < -0.3 is 9.47 Å². The molecule has 0 aliphatic heterocycles. The Labute approximate surface area is 108 Å². The fourth-order valence-corrected chi connectivity index (χ4v) is 1.35. The van der Waals surface area contributed by atoms with Crippen LogP contribution in [0.4, 0.5) is 0 Å². The number of carbonyl (C=O) groups excluding carboxylic acids is 1. The molecule has 0 bridgehead atoms. The van der Waals surface area contributed by atoms with Crippen LogP contribution in [-0.2, 0) is 9.53 Å². The maximum Gasteiger partial charge on any atom is 0.344 e. The molecule has 1 aromatic rings. The van der Waals surface area contributed by atoms with E-state index in [0.717, 1.165) is 24.0 Å². The molecule has 0 N–H and O–H groups in total. The third kappa shape index (κ3) is 5.04. The Morgan fingerprint density at radius 3 is 2.50 bits per heavy atom. The van der Waals surface area contributed by atoms with Gasteiger partial charge in [-0.2, -0.15) is 0 Å². The molecule has 0 spiro atoms. The molecule has 0 radical (unpaired) electrons. The summed E-state index contributed by atoms with van der Waals surface area (Å²) in [6.45, 7) is 8.27. The van der Waals surface area contributed by atoms with Gasteiger partial charge in [0.25, 0.3) is 0 Å². The molecule has 3 heteroatoms. The molecule has 0 saturated carbocycles. The molecule has 18 heavy (non-hydrogen) atoms. The third-order valence-corrected chi connectivity index (χ3v) is 2.46. The smallest absolute Gasteiger partial charge is 0.344 e. The van der Waals surface area contributed by atoms with Crippen LogP contribution in [0.3, 0.4) is 0 Å². The molecule has 0 aliphatic rings. The normalized spacial score (nSPS) is 9.89. The fourth-order valence-electron chi connectivity index (χ4n) is 1.35. The number of ether oxygens (including phenoxy) is 2. The highest BCUT2D eigenvalue weighted by atomic mass is 16.6. The van der Waals surface area contributed by atoms with Crippen LogP contribution >= 0.6 is 0 Å². The van der Waals surface area contributed by atoms with E-state index in [9.17, 15) is 4.79 Å². The van der Waals surface area contributed by atoms with Crippen LogP contribution in [-0.4, -0.2) is 19.2 Å². The molecule has 0 fully saturated rings. The van der Waals surface area contributed by atoms with E-state index >= 15 is 0 Å². The molecule has 0 saturated heterocycles. The average molecular weight is 248 g/mol. The summed E-state index contributed by atoms with van der Waals surface area (Å²) in [5.41, 5.74) is 2.06. The summed E-state index contributed by atoms with van der Waals surface area (Å²) in [5.74, 6) is 0.333. The lowest BCUT2D eigenvalue weighted by Crippen LogP contribution is -2.15. The first kappa shape index (κ1) is 14.3. The summed E-state index contributed by atoms with van der Waals surface area (Å²) in [7, 11) is 0. The van der Waals surface area contributed by atoms with Gasteiger partial charge in [0, 0.05) is 0 Å². The Morgan fingerprint density at radius 1 is 1.28 bits per heavy atom. The summed E-state index contributed by atoms with van der Waals surface area (Å²) in [5, 5.41) is 0. The first-order chi connectivity index (χ1) is 8.63. The molecule has 98 valence electrons. The molecule has 0 atom stereocenters. The molecule has 0 unspecified atom stereocenters. The van der Waals surface area contributed by atoms with E-state index in [0.29, 0.717) is 12.4 Å². The number of rotatable bonds is 7. The first-order valence-electron chi connectivity index (χ1n) is 6.18. The second-order valence-corrected chi connectivity index (χ2v) is 4.17. The van der Waals surface area contributed by atoms with Crippen molar-refractivity contribution in [2.24, 2.45) is 0 Å². The maximum atomic E-state index is 11.3. The van der Waals surface area contributed by atoms with Gasteiger partial charge in [-0.3, -0.25) is 0 Å². The first-order valence-corrected chi connectivity index (χ1v) is 6.18. The van der Waals surface area contributed by atoms with Crippen molar-refractivity contribution in [3.63, 3.8) is 0 Å². The van der Waals surface area contributed by atoms with Crippen LogP contribution in [0.5, 0.6) is 5.75 Å². The molecule has 0 heterocycles. The predicted octanol–water partition coefficient (Wildman–Crippen LogP) is 3.44. The van der Waals surface area contributed by atoms with E-state index in [4.69, 9.17) is 9.47 Å². The van der Waals surface area contributed by atoms with Crippen LogP contribution in [0.2, 0.25) is 0 Å². The Balaban J connectivity index is 2.34. The summed E-state index contributed by atoms with van der Waals surface area (Å²) in [6, 6.07) is 7.48. The molecular formula is C15H20O3. The molecule has 0 amide bonds. The van der Waals surface area contributed by atoms with E-state index in [2.05, 4.69) is 6.58 Å². The predicted molar refractivity (Wildman–Crippen MR) is 72.5 cm³/mol. The van der Waals surface area contributed by atoms with Gasteiger partial charge in [-0.05, 0) is 31.0 Å². The van der Waals surface area contributed by atoms with Crippen LogP contribution < -0.4 is 4.74 Å². The van der Waals surface area contributed by atoms with Gasteiger partial charge in [-0.1, -0.05) is 37.6 Å². The van der Waals surface area contributed by atoms with Crippen molar-refractivity contribution in [2.45, 2.75) is 26.7 Å². The molecule has 0 aliphatic carbocycles. The minimum atomic E-state index is -0.326. The second kappa shape index (κ2) is 7.54. The zero-order chi connectivity index (χ0) is 13.4. The van der Waals surface area contributed by atoms with Gasteiger partial charge in [0.2, 0.25) is 0 Å². The second-order valence-electron chi connectivity index (χ2n) is 4.17. The zero-order valence-electron chi connectivity index (χ0n) is 11.1. The van der Waals surface area contributed by atoms with Gasteiger partial charge >= 0.3 is 5.97 Å². The number of esters is 1. The van der Waals surface area contributed by atoms with E-state index in [1.165, 1.54) is 0 Å². The Morgan fingerprint density at radius 2 is 1.94 bits per heavy atom. The maximum absolute atomic E-state index is 11.3. The van der Waals surface area contributed by atoms with Gasteiger partial charge in [-0.15, -0.1) is 0 Å². The number of carbonyl (C=O) groups is 1. The van der Waals surface area contributed by atoms with Crippen LogP contribution in [0.1, 0.15) is 32.3 Å². The van der Waals surface area contributed by atoms with E-state index in [1.54, 1.807) is 0 Å². The van der Waals surface area contributed by atoms with Crippen molar-refractivity contribution >= 4 is 11.5 Å². The highest BCUT2D eigenvalue weighted by molar-refractivity contribution is 5.71. The van der Waals surface area contributed by atoms with Crippen LogP contribution in [0, 0.1) is 0 Å². The van der Waals surface area contributed by atoms with Gasteiger partial charge in [-0.25, -0.2) is 4.79 Å². The highest BCUT2D eigenvalue weighted by Crippen LogP contribution is 2.16. The number of unbranched alkanes of at least 4 members (excludes halogenated alkanes) is 1. The highest BCUT2D eigenvalue weighted by Gasteiger charge is 2.03. The summed E-state index contributed by atoms with van der Waals surface area (Å²) in [6.07, 6.45) is 1.90. The van der Waals surface area contributed by atoms with Gasteiger partial charge in [0.05, 0.1) is 6.61 Å². The van der Waals surface area contributed by atoms with Crippen molar-refractivity contribution in [2.75, 3.05) is 13.2 Å². The van der Waals surface area contributed by atoms with E-state index < -0.39 is 0 Å². The van der Waals surface area contributed by atoms with Gasteiger partial charge in [0.15, 0.2) is 6.61 Å². The van der Waals surface area contributed by atoms with Crippen molar-refractivity contribution in [1.82, 2.24) is 0 Å². The molecule has 0 aromatic heterocycles. The lowest BCUT2D eigenvalue weighted by molar-refractivity contribution is -0.146. The Kier molecular flexibility index (Phi) is 5.98. The lowest BCUT2D eigenvalue weighted by Gasteiger charge is -2.07.